The third-order valence-corrected chi connectivity index (χ3v) is 5.90. The molecular weight excluding hydrogens is 312 g/mol. The maximum absolute atomic E-state index is 11.7. The number of fused-ring (bicyclic) bond motifs is 1. The van der Waals surface area contributed by atoms with Crippen LogP contribution in [-0.2, 0) is 4.79 Å². The van der Waals surface area contributed by atoms with Crippen molar-refractivity contribution in [3.8, 4) is 0 Å². The first-order chi connectivity index (χ1) is 11.2. The molecule has 0 saturated carbocycles. The summed E-state index contributed by atoms with van der Waals surface area (Å²) >= 11 is 1.93. The van der Waals surface area contributed by atoms with Crippen LogP contribution in [0.3, 0.4) is 0 Å². The van der Waals surface area contributed by atoms with Crippen molar-refractivity contribution < 1.29 is 9.59 Å². The molecule has 130 valence electrons. The highest BCUT2D eigenvalue weighted by molar-refractivity contribution is 8.00. The van der Waals surface area contributed by atoms with E-state index in [9.17, 15) is 9.59 Å². The molecule has 2 aliphatic rings. The number of rotatable bonds is 11. The maximum Gasteiger partial charge on any atom is 0.315 e. The molecule has 0 bridgehead atoms. The van der Waals surface area contributed by atoms with Gasteiger partial charge in [-0.25, -0.2) is 4.79 Å². The van der Waals surface area contributed by atoms with E-state index in [1.54, 1.807) is 0 Å². The Balaban J connectivity index is 1.46. The number of thioether (sulfide) groups is 1. The van der Waals surface area contributed by atoms with Crippen molar-refractivity contribution in [1.29, 1.82) is 0 Å². The highest BCUT2D eigenvalue weighted by Crippen LogP contribution is 2.33. The van der Waals surface area contributed by atoms with Gasteiger partial charge in [-0.3, -0.25) is 4.79 Å². The van der Waals surface area contributed by atoms with Crippen LogP contribution < -0.4 is 16.0 Å². The van der Waals surface area contributed by atoms with Gasteiger partial charge in [0.1, 0.15) is 0 Å². The Morgan fingerprint density at radius 1 is 1.26 bits per heavy atom. The summed E-state index contributed by atoms with van der Waals surface area (Å²) in [6, 6.07) is 0.525. The van der Waals surface area contributed by atoms with Crippen LogP contribution in [0.4, 0.5) is 4.79 Å². The van der Waals surface area contributed by atoms with E-state index >= 15 is 0 Å². The summed E-state index contributed by atoms with van der Waals surface area (Å²) < 4.78 is 0. The zero-order chi connectivity index (χ0) is 16.5. The number of amides is 3. The first-order valence-corrected chi connectivity index (χ1v) is 9.63. The molecule has 0 spiro atoms. The number of carbonyl (C=O) groups is 2. The molecule has 0 radical (unpaired) electrons. The van der Waals surface area contributed by atoms with Gasteiger partial charge in [-0.05, 0) is 38.8 Å². The normalized spacial score (nSPS) is 25.6. The minimum Gasteiger partial charge on any atom is -0.356 e. The summed E-state index contributed by atoms with van der Waals surface area (Å²) in [5.41, 5.74) is 0. The van der Waals surface area contributed by atoms with E-state index in [1.807, 2.05) is 11.8 Å². The lowest BCUT2D eigenvalue weighted by Gasteiger charge is -2.16. The number of hydrogen-bond donors (Lipinski definition) is 3. The van der Waals surface area contributed by atoms with E-state index in [1.165, 1.54) is 0 Å². The molecule has 0 aromatic rings. The third-order valence-electron chi connectivity index (χ3n) is 4.40. The molecule has 2 saturated heterocycles. The molecule has 0 aromatic carbocycles. The first-order valence-electron chi connectivity index (χ1n) is 8.58. The summed E-state index contributed by atoms with van der Waals surface area (Å²) in [4.78, 5) is 26.9. The van der Waals surface area contributed by atoms with Crippen molar-refractivity contribution in [2.24, 2.45) is 4.99 Å². The fourth-order valence-electron chi connectivity index (χ4n) is 3.12. The van der Waals surface area contributed by atoms with E-state index in [0.29, 0.717) is 11.7 Å². The molecule has 2 rings (SSSR count). The van der Waals surface area contributed by atoms with Gasteiger partial charge in [0.25, 0.3) is 0 Å². The summed E-state index contributed by atoms with van der Waals surface area (Å²) in [7, 11) is 0. The smallest absolute Gasteiger partial charge is 0.315 e. The lowest BCUT2D eigenvalue weighted by molar-refractivity contribution is -0.121. The Morgan fingerprint density at radius 3 is 2.96 bits per heavy atom. The molecule has 0 unspecified atom stereocenters. The standard InChI is InChI=1S/C16H28N4O2S/c1-17-9-5-2-6-10-18-14(21)8-4-3-7-13-15-12(11-23-13)19-16(22)20-15/h12-13,15H,1-11H2,(H,18,21)(H2,19,20,22)/t12-,13-,15-/m0/s1. The van der Waals surface area contributed by atoms with Crippen molar-refractivity contribution in [3.05, 3.63) is 0 Å². The van der Waals surface area contributed by atoms with Crippen LogP contribution in [0.25, 0.3) is 0 Å². The van der Waals surface area contributed by atoms with Gasteiger partial charge in [0.2, 0.25) is 5.91 Å². The van der Waals surface area contributed by atoms with Crippen LogP contribution in [0.1, 0.15) is 44.9 Å². The van der Waals surface area contributed by atoms with E-state index in [0.717, 1.165) is 57.4 Å². The summed E-state index contributed by atoms with van der Waals surface area (Å²) in [5.74, 6) is 1.15. The zero-order valence-corrected chi connectivity index (χ0v) is 14.5. The average molecular weight is 340 g/mol. The predicted molar refractivity (Wildman–Crippen MR) is 95.2 cm³/mol. The SMILES string of the molecule is C=NCCCCCNC(=O)CCCC[C@@H]1SC[C@@H]2NC(=O)N[C@@H]21. The summed E-state index contributed by atoms with van der Waals surface area (Å²) in [5, 5.41) is 9.42. The van der Waals surface area contributed by atoms with Gasteiger partial charge in [-0.15, -0.1) is 0 Å². The monoisotopic (exact) mass is 340 g/mol. The topological polar surface area (TPSA) is 82.6 Å². The van der Waals surface area contributed by atoms with E-state index < -0.39 is 0 Å². The molecule has 0 aromatic heterocycles. The minimum atomic E-state index is -0.0338. The number of aliphatic imine (C=N–C) groups is 1. The van der Waals surface area contributed by atoms with Gasteiger partial charge in [-0.1, -0.05) is 6.42 Å². The molecule has 3 amide bonds. The molecular formula is C16H28N4O2S. The summed E-state index contributed by atoms with van der Waals surface area (Å²) in [6.45, 7) is 5.02. The number of nitrogens with one attached hydrogen (secondary N) is 3. The number of unbranched alkanes of at least 4 members (excludes halogenated alkanes) is 3. The number of hydrogen-bond acceptors (Lipinski definition) is 4. The number of urea groups is 1. The van der Waals surface area contributed by atoms with Gasteiger partial charge in [0.05, 0.1) is 12.1 Å². The van der Waals surface area contributed by atoms with Crippen LogP contribution in [0.15, 0.2) is 4.99 Å². The molecule has 2 heterocycles. The first kappa shape index (κ1) is 18.1. The van der Waals surface area contributed by atoms with Crippen molar-refractivity contribution in [3.63, 3.8) is 0 Å². The fourth-order valence-corrected chi connectivity index (χ4v) is 4.66. The number of carbonyl (C=O) groups excluding carboxylic acids is 2. The van der Waals surface area contributed by atoms with Crippen LogP contribution in [0.5, 0.6) is 0 Å². The Bertz CT molecular complexity index is 419. The average Bonchev–Trinajstić information content (AvgIpc) is 3.07. The minimum absolute atomic E-state index is 0.0338. The van der Waals surface area contributed by atoms with Crippen molar-refractivity contribution >= 4 is 30.4 Å². The second-order valence-corrected chi connectivity index (χ2v) is 7.50. The second-order valence-electron chi connectivity index (χ2n) is 6.23. The molecule has 2 fully saturated rings. The summed E-state index contributed by atoms with van der Waals surface area (Å²) in [6.07, 6.45) is 6.76. The van der Waals surface area contributed by atoms with Crippen LogP contribution >= 0.6 is 11.8 Å². The largest absolute Gasteiger partial charge is 0.356 e. The molecule has 6 nitrogen and oxygen atoms in total. The maximum atomic E-state index is 11.7. The van der Waals surface area contributed by atoms with Gasteiger partial charge in [-0.2, -0.15) is 11.8 Å². The molecule has 3 N–H and O–H groups in total. The Morgan fingerprint density at radius 2 is 2.13 bits per heavy atom. The quantitative estimate of drug-likeness (QED) is 0.304. The Labute approximate surface area is 142 Å². The van der Waals surface area contributed by atoms with Gasteiger partial charge in [0.15, 0.2) is 0 Å². The van der Waals surface area contributed by atoms with Crippen LogP contribution in [0, 0.1) is 0 Å². The van der Waals surface area contributed by atoms with Gasteiger partial charge < -0.3 is 20.9 Å². The zero-order valence-electron chi connectivity index (χ0n) is 13.7. The van der Waals surface area contributed by atoms with Gasteiger partial charge in [0, 0.05) is 30.5 Å². The lowest BCUT2D eigenvalue weighted by Crippen LogP contribution is -2.36. The van der Waals surface area contributed by atoms with E-state index in [4.69, 9.17) is 0 Å². The lowest BCUT2D eigenvalue weighted by atomic mass is 10.0. The molecule has 23 heavy (non-hydrogen) atoms. The molecule has 7 heteroatoms. The Kier molecular flexibility index (Phi) is 7.71. The van der Waals surface area contributed by atoms with E-state index in [-0.39, 0.29) is 24.0 Å². The molecule has 2 aliphatic heterocycles. The van der Waals surface area contributed by atoms with Crippen LogP contribution in [-0.4, -0.2) is 54.8 Å². The van der Waals surface area contributed by atoms with Gasteiger partial charge >= 0.3 is 6.03 Å². The van der Waals surface area contributed by atoms with Crippen molar-refractivity contribution in [2.75, 3.05) is 18.8 Å². The van der Waals surface area contributed by atoms with Crippen molar-refractivity contribution in [1.82, 2.24) is 16.0 Å². The number of nitrogens with zero attached hydrogens (tertiary/aromatic N) is 1. The van der Waals surface area contributed by atoms with Crippen molar-refractivity contribution in [2.45, 2.75) is 62.3 Å². The van der Waals surface area contributed by atoms with E-state index in [2.05, 4.69) is 27.7 Å². The highest BCUT2D eigenvalue weighted by Gasteiger charge is 2.42. The second kappa shape index (κ2) is 9.80. The Hall–Kier alpha value is -1.24. The predicted octanol–water partition coefficient (Wildman–Crippen LogP) is 1.70. The third kappa shape index (κ3) is 6.05. The fraction of sp³-hybridized carbons (Fsp3) is 0.812. The molecule has 3 atom stereocenters. The highest BCUT2D eigenvalue weighted by atomic mass is 32.2. The van der Waals surface area contributed by atoms with Crippen LogP contribution in [0.2, 0.25) is 0 Å². The molecule has 0 aliphatic carbocycles.